The van der Waals surface area contributed by atoms with Crippen molar-refractivity contribution in [2.24, 2.45) is 0 Å². The molecule has 0 radical (unpaired) electrons. The number of hydrogen-bond acceptors (Lipinski definition) is 4. The minimum absolute atomic E-state index is 0.336. The topological polar surface area (TPSA) is 24.9 Å². The van der Waals surface area contributed by atoms with Gasteiger partial charge in [0.2, 0.25) is 0 Å². The van der Waals surface area contributed by atoms with Gasteiger partial charge in [0.05, 0.1) is 10.2 Å². The number of nitrogens with one attached hydrogen (secondary N) is 1. The summed E-state index contributed by atoms with van der Waals surface area (Å²) in [5, 5.41) is 7.60. The van der Waals surface area contributed by atoms with Gasteiger partial charge in [-0.15, -0.1) is 22.7 Å². The average Bonchev–Trinajstić information content (AvgIpc) is 3.06. The summed E-state index contributed by atoms with van der Waals surface area (Å²) in [7, 11) is 2.01. The van der Waals surface area contributed by atoms with Gasteiger partial charge >= 0.3 is 0 Å². The molecule has 0 aromatic carbocycles. The molecule has 0 fully saturated rings. The SMILES string of the molecule is CNC(Cc1cccs1)c1cnc2ccsc2c1. The van der Waals surface area contributed by atoms with Gasteiger partial charge < -0.3 is 5.32 Å². The maximum absolute atomic E-state index is 4.51. The van der Waals surface area contributed by atoms with Gasteiger partial charge in [-0.3, -0.25) is 4.98 Å². The maximum Gasteiger partial charge on any atom is 0.0809 e. The van der Waals surface area contributed by atoms with Crippen LogP contribution in [-0.4, -0.2) is 12.0 Å². The molecule has 0 bridgehead atoms. The fourth-order valence-electron chi connectivity index (χ4n) is 2.07. The molecule has 3 heterocycles. The lowest BCUT2D eigenvalue weighted by Crippen LogP contribution is -2.18. The second-order valence-corrected chi connectivity index (χ2v) is 6.18. The average molecular weight is 274 g/mol. The minimum atomic E-state index is 0.336. The van der Waals surface area contributed by atoms with Crippen LogP contribution in [0.3, 0.4) is 0 Å². The van der Waals surface area contributed by atoms with E-state index in [4.69, 9.17) is 0 Å². The van der Waals surface area contributed by atoms with E-state index in [0.29, 0.717) is 6.04 Å². The lowest BCUT2D eigenvalue weighted by molar-refractivity contribution is 0.595. The first-order valence-electron chi connectivity index (χ1n) is 5.89. The highest BCUT2D eigenvalue weighted by molar-refractivity contribution is 7.17. The van der Waals surface area contributed by atoms with Gasteiger partial charge in [-0.25, -0.2) is 0 Å². The first kappa shape index (κ1) is 11.8. The van der Waals surface area contributed by atoms with Crippen LogP contribution in [0.5, 0.6) is 0 Å². The number of rotatable bonds is 4. The summed E-state index contributed by atoms with van der Waals surface area (Å²) in [5.41, 5.74) is 2.36. The van der Waals surface area contributed by atoms with Gasteiger partial charge in [-0.1, -0.05) is 6.07 Å². The zero-order chi connectivity index (χ0) is 12.4. The van der Waals surface area contributed by atoms with Crippen LogP contribution in [0, 0.1) is 0 Å². The Morgan fingerprint density at radius 2 is 2.22 bits per heavy atom. The fourth-order valence-corrected chi connectivity index (χ4v) is 3.61. The van der Waals surface area contributed by atoms with Crippen LogP contribution in [0.4, 0.5) is 0 Å². The van der Waals surface area contributed by atoms with Crippen LogP contribution in [0.25, 0.3) is 10.2 Å². The van der Waals surface area contributed by atoms with E-state index in [1.54, 1.807) is 11.3 Å². The summed E-state index contributed by atoms with van der Waals surface area (Å²) in [5.74, 6) is 0. The smallest absolute Gasteiger partial charge is 0.0809 e. The van der Waals surface area contributed by atoms with Gasteiger partial charge in [0.25, 0.3) is 0 Å². The molecule has 0 saturated heterocycles. The molecule has 92 valence electrons. The fraction of sp³-hybridized carbons (Fsp3) is 0.214. The molecule has 0 aliphatic carbocycles. The number of fused-ring (bicyclic) bond motifs is 1. The van der Waals surface area contributed by atoms with Gasteiger partial charge in [0, 0.05) is 23.5 Å². The van der Waals surface area contributed by atoms with Crippen molar-refractivity contribution in [3.63, 3.8) is 0 Å². The van der Waals surface area contributed by atoms with Crippen molar-refractivity contribution < 1.29 is 0 Å². The number of thiophene rings is 2. The third-order valence-electron chi connectivity index (χ3n) is 3.06. The minimum Gasteiger partial charge on any atom is -0.313 e. The summed E-state index contributed by atoms with van der Waals surface area (Å²) in [6.07, 6.45) is 3.01. The molecule has 18 heavy (non-hydrogen) atoms. The van der Waals surface area contributed by atoms with Crippen LogP contribution in [0.15, 0.2) is 41.2 Å². The first-order valence-corrected chi connectivity index (χ1v) is 7.65. The molecule has 0 amide bonds. The number of pyridine rings is 1. The highest BCUT2D eigenvalue weighted by atomic mass is 32.1. The Morgan fingerprint density at radius 1 is 1.28 bits per heavy atom. The van der Waals surface area contributed by atoms with E-state index < -0.39 is 0 Å². The summed E-state index contributed by atoms with van der Waals surface area (Å²) >= 11 is 3.56. The Bertz CT molecular complexity index is 628. The molecule has 3 aromatic rings. The highest BCUT2D eigenvalue weighted by Crippen LogP contribution is 2.25. The molecule has 3 rings (SSSR count). The molecular weight excluding hydrogens is 260 g/mol. The Kier molecular flexibility index (Phi) is 3.41. The van der Waals surface area contributed by atoms with Gasteiger partial charge in [-0.2, -0.15) is 0 Å². The summed E-state index contributed by atoms with van der Waals surface area (Å²) in [6, 6.07) is 8.95. The molecule has 0 aliphatic heterocycles. The normalized spacial score (nSPS) is 12.9. The van der Waals surface area contributed by atoms with E-state index in [0.717, 1.165) is 11.9 Å². The molecule has 0 saturated carbocycles. The molecule has 0 aliphatic rings. The monoisotopic (exact) mass is 274 g/mol. The lowest BCUT2D eigenvalue weighted by atomic mass is 10.1. The number of likely N-dealkylation sites (N-methyl/N-ethyl adjacent to an activating group) is 1. The maximum atomic E-state index is 4.51. The molecule has 3 aromatic heterocycles. The first-order chi connectivity index (χ1) is 8.86. The lowest BCUT2D eigenvalue weighted by Gasteiger charge is -2.15. The van der Waals surface area contributed by atoms with Gasteiger partial charge in [-0.05, 0) is 41.6 Å². The van der Waals surface area contributed by atoms with Crippen LogP contribution in [-0.2, 0) is 6.42 Å². The third kappa shape index (κ3) is 2.32. The summed E-state index contributed by atoms with van der Waals surface area (Å²) in [6.45, 7) is 0. The van der Waals surface area contributed by atoms with Gasteiger partial charge in [0.15, 0.2) is 0 Å². The molecule has 1 atom stereocenters. The number of aromatic nitrogens is 1. The third-order valence-corrected chi connectivity index (χ3v) is 4.81. The molecule has 1 unspecified atom stereocenters. The summed E-state index contributed by atoms with van der Waals surface area (Å²) < 4.78 is 1.26. The largest absolute Gasteiger partial charge is 0.313 e. The van der Waals surface area contributed by atoms with Crippen LogP contribution in [0.2, 0.25) is 0 Å². The van der Waals surface area contributed by atoms with Crippen molar-refractivity contribution in [2.45, 2.75) is 12.5 Å². The molecule has 0 spiro atoms. The van der Waals surface area contributed by atoms with Crippen molar-refractivity contribution in [3.8, 4) is 0 Å². The number of hydrogen-bond donors (Lipinski definition) is 1. The molecule has 2 nitrogen and oxygen atoms in total. The second-order valence-electron chi connectivity index (χ2n) is 4.20. The van der Waals surface area contributed by atoms with Crippen molar-refractivity contribution in [1.82, 2.24) is 10.3 Å². The standard InChI is InChI=1S/C14H14N2S2/c1-15-13(8-11-3-2-5-17-11)10-7-14-12(16-9-10)4-6-18-14/h2-7,9,13,15H,8H2,1H3. The van der Waals surface area contributed by atoms with Gasteiger partial charge in [0.1, 0.15) is 0 Å². The van der Waals surface area contributed by atoms with Crippen LogP contribution in [0.1, 0.15) is 16.5 Å². The number of nitrogens with zero attached hydrogens (tertiary/aromatic N) is 1. The van der Waals surface area contributed by atoms with E-state index >= 15 is 0 Å². The van der Waals surface area contributed by atoms with Crippen molar-refractivity contribution in [2.75, 3.05) is 7.05 Å². The predicted molar refractivity (Wildman–Crippen MR) is 79.4 cm³/mol. The van der Waals surface area contributed by atoms with Crippen molar-refractivity contribution in [3.05, 3.63) is 51.7 Å². The predicted octanol–water partition coefficient (Wildman–Crippen LogP) is 3.86. The zero-order valence-corrected chi connectivity index (χ0v) is 11.7. The van der Waals surface area contributed by atoms with Crippen LogP contribution >= 0.6 is 22.7 Å². The zero-order valence-electron chi connectivity index (χ0n) is 10.1. The highest BCUT2D eigenvalue weighted by Gasteiger charge is 2.12. The van der Waals surface area contributed by atoms with E-state index in [2.05, 4.69) is 45.3 Å². The molecular formula is C14H14N2S2. The molecule has 1 N–H and O–H groups in total. The Morgan fingerprint density at radius 3 is 3.00 bits per heavy atom. The van der Waals surface area contributed by atoms with E-state index in [1.807, 2.05) is 24.6 Å². The second kappa shape index (κ2) is 5.18. The van der Waals surface area contributed by atoms with Crippen molar-refractivity contribution in [1.29, 1.82) is 0 Å². The van der Waals surface area contributed by atoms with Crippen molar-refractivity contribution >= 4 is 32.9 Å². The Balaban J connectivity index is 1.90. The Labute approximate surface area is 114 Å². The van der Waals surface area contributed by atoms with Crippen LogP contribution < -0.4 is 5.32 Å². The van der Waals surface area contributed by atoms with E-state index in [1.165, 1.54) is 15.1 Å². The molecule has 4 heteroatoms. The quantitative estimate of drug-likeness (QED) is 0.781. The summed E-state index contributed by atoms with van der Waals surface area (Å²) in [4.78, 5) is 5.92. The Hall–Kier alpha value is -1.23. The van der Waals surface area contributed by atoms with E-state index in [9.17, 15) is 0 Å². The van der Waals surface area contributed by atoms with E-state index in [-0.39, 0.29) is 0 Å².